The molecule has 1 nitrogen and oxygen atoms in total. The molecule has 0 spiro atoms. The van der Waals surface area contributed by atoms with Gasteiger partial charge in [0.15, 0.2) is 0 Å². The first kappa shape index (κ1) is 8.31. The van der Waals surface area contributed by atoms with E-state index in [1.807, 2.05) is 0 Å². The van der Waals surface area contributed by atoms with Crippen LogP contribution in [-0.2, 0) is 4.74 Å². The van der Waals surface area contributed by atoms with Gasteiger partial charge < -0.3 is 4.74 Å². The minimum Gasteiger partial charge on any atom is -0.377 e. The highest BCUT2D eigenvalue weighted by Crippen LogP contribution is 2.41. The normalized spacial score (nSPS) is 37.9. The fraction of sp³-hybridized carbons (Fsp3) is 0.818. The minimum atomic E-state index is 0.552. The molecule has 68 valence electrons. The van der Waals surface area contributed by atoms with Crippen molar-refractivity contribution in [3.8, 4) is 0 Å². The van der Waals surface area contributed by atoms with Gasteiger partial charge in [-0.3, -0.25) is 0 Å². The van der Waals surface area contributed by atoms with Gasteiger partial charge in [0.25, 0.3) is 0 Å². The SMILES string of the molecule is CCCCOC1C2C=CC1CC2. The Bertz CT molecular complexity index is 160. The average molecular weight is 166 g/mol. The van der Waals surface area contributed by atoms with Gasteiger partial charge in [-0.25, -0.2) is 0 Å². The fourth-order valence-electron chi connectivity index (χ4n) is 2.34. The lowest BCUT2D eigenvalue weighted by atomic mass is 10.1. The molecule has 1 fully saturated rings. The van der Waals surface area contributed by atoms with Crippen molar-refractivity contribution >= 4 is 0 Å². The predicted molar refractivity (Wildman–Crippen MR) is 50.0 cm³/mol. The van der Waals surface area contributed by atoms with Crippen LogP contribution in [-0.4, -0.2) is 12.7 Å². The summed E-state index contributed by atoms with van der Waals surface area (Å²) >= 11 is 0. The topological polar surface area (TPSA) is 9.23 Å². The molecule has 0 radical (unpaired) electrons. The lowest BCUT2D eigenvalue weighted by Crippen LogP contribution is -2.19. The van der Waals surface area contributed by atoms with Crippen molar-refractivity contribution in [1.82, 2.24) is 0 Å². The van der Waals surface area contributed by atoms with E-state index in [1.165, 1.54) is 25.7 Å². The number of hydrogen-bond acceptors (Lipinski definition) is 1. The molecule has 2 bridgehead atoms. The molecular weight excluding hydrogens is 148 g/mol. The number of hydrogen-bond donors (Lipinski definition) is 0. The molecule has 1 saturated carbocycles. The Hall–Kier alpha value is -0.300. The Morgan fingerprint density at radius 1 is 1.25 bits per heavy atom. The summed E-state index contributed by atoms with van der Waals surface area (Å²) in [7, 11) is 0. The van der Waals surface area contributed by atoms with Gasteiger partial charge in [-0.05, 0) is 19.3 Å². The molecule has 0 saturated heterocycles. The Balaban J connectivity index is 1.76. The van der Waals surface area contributed by atoms with Gasteiger partial charge in [0.1, 0.15) is 0 Å². The van der Waals surface area contributed by atoms with Crippen LogP contribution in [0.5, 0.6) is 0 Å². The van der Waals surface area contributed by atoms with Crippen molar-refractivity contribution < 1.29 is 4.74 Å². The first-order valence-corrected chi connectivity index (χ1v) is 5.21. The molecule has 2 rings (SSSR count). The van der Waals surface area contributed by atoms with Crippen molar-refractivity contribution in [1.29, 1.82) is 0 Å². The zero-order valence-corrected chi connectivity index (χ0v) is 7.83. The molecule has 0 amide bonds. The number of fused-ring (bicyclic) bond motifs is 2. The Labute approximate surface area is 74.8 Å². The van der Waals surface area contributed by atoms with Crippen LogP contribution < -0.4 is 0 Å². The summed E-state index contributed by atoms with van der Waals surface area (Å²) in [6.07, 6.45) is 10.4. The molecule has 1 heteroatoms. The van der Waals surface area contributed by atoms with Crippen molar-refractivity contribution in [3.05, 3.63) is 12.2 Å². The summed E-state index contributed by atoms with van der Waals surface area (Å²) in [5, 5.41) is 0. The lowest BCUT2D eigenvalue weighted by Gasteiger charge is -2.16. The molecule has 0 aromatic carbocycles. The van der Waals surface area contributed by atoms with E-state index >= 15 is 0 Å². The second-order valence-electron chi connectivity index (χ2n) is 3.98. The Kier molecular flexibility index (Phi) is 2.50. The van der Waals surface area contributed by atoms with Crippen molar-refractivity contribution in [3.63, 3.8) is 0 Å². The molecule has 0 heterocycles. The predicted octanol–water partition coefficient (Wildman–Crippen LogP) is 2.77. The second-order valence-corrected chi connectivity index (χ2v) is 3.98. The van der Waals surface area contributed by atoms with Crippen molar-refractivity contribution in [2.24, 2.45) is 11.8 Å². The molecule has 2 aliphatic carbocycles. The van der Waals surface area contributed by atoms with Crippen LogP contribution in [0.1, 0.15) is 32.6 Å². The zero-order valence-electron chi connectivity index (χ0n) is 7.83. The van der Waals surface area contributed by atoms with Gasteiger partial charge >= 0.3 is 0 Å². The van der Waals surface area contributed by atoms with Crippen LogP contribution in [0.3, 0.4) is 0 Å². The van der Waals surface area contributed by atoms with E-state index in [9.17, 15) is 0 Å². The van der Waals surface area contributed by atoms with E-state index in [2.05, 4.69) is 19.1 Å². The van der Waals surface area contributed by atoms with Crippen LogP contribution in [0, 0.1) is 11.8 Å². The van der Waals surface area contributed by atoms with Crippen molar-refractivity contribution in [2.45, 2.75) is 38.7 Å². The van der Waals surface area contributed by atoms with E-state index in [4.69, 9.17) is 4.74 Å². The molecule has 0 aromatic heterocycles. The summed E-state index contributed by atoms with van der Waals surface area (Å²) in [6, 6.07) is 0. The highest BCUT2D eigenvalue weighted by molar-refractivity contribution is 5.12. The minimum absolute atomic E-state index is 0.552. The third kappa shape index (κ3) is 1.42. The molecule has 12 heavy (non-hydrogen) atoms. The van der Waals surface area contributed by atoms with Crippen LogP contribution >= 0.6 is 0 Å². The zero-order chi connectivity index (χ0) is 8.39. The molecule has 0 aromatic rings. The largest absolute Gasteiger partial charge is 0.377 e. The maximum Gasteiger partial charge on any atom is 0.0700 e. The summed E-state index contributed by atoms with van der Waals surface area (Å²) in [5.41, 5.74) is 0. The molecule has 0 aliphatic heterocycles. The summed E-state index contributed by atoms with van der Waals surface area (Å²) in [5.74, 6) is 1.51. The highest BCUT2D eigenvalue weighted by Gasteiger charge is 2.37. The lowest BCUT2D eigenvalue weighted by molar-refractivity contribution is 0.0272. The van der Waals surface area contributed by atoms with Crippen molar-refractivity contribution in [2.75, 3.05) is 6.61 Å². The average Bonchev–Trinajstić information content (AvgIpc) is 2.65. The first-order valence-electron chi connectivity index (χ1n) is 5.21. The number of rotatable bonds is 4. The molecule has 0 N–H and O–H groups in total. The summed E-state index contributed by atoms with van der Waals surface area (Å²) < 4.78 is 5.87. The van der Waals surface area contributed by atoms with Gasteiger partial charge in [-0.2, -0.15) is 0 Å². The van der Waals surface area contributed by atoms with Crippen LogP contribution in [0.25, 0.3) is 0 Å². The van der Waals surface area contributed by atoms with E-state index in [-0.39, 0.29) is 0 Å². The number of ether oxygens (including phenoxy) is 1. The smallest absolute Gasteiger partial charge is 0.0700 e. The van der Waals surface area contributed by atoms with Gasteiger partial charge in [0.05, 0.1) is 6.10 Å². The molecular formula is C11H18O. The van der Waals surface area contributed by atoms with Crippen LogP contribution in [0.2, 0.25) is 0 Å². The molecule has 2 aliphatic rings. The highest BCUT2D eigenvalue weighted by atomic mass is 16.5. The maximum absolute atomic E-state index is 5.87. The van der Waals surface area contributed by atoms with E-state index in [0.717, 1.165) is 18.4 Å². The third-order valence-electron chi connectivity index (χ3n) is 3.09. The fourth-order valence-corrected chi connectivity index (χ4v) is 2.34. The first-order chi connectivity index (χ1) is 5.92. The third-order valence-corrected chi connectivity index (χ3v) is 3.09. The Morgan fingerprint density at radius 3 is 2.42 bits per heavy atom. The van der Waals surface area contributed by atoms with Gasteiger partial charge in [0, 0.05) is 18.4 Å². The standard InChI is InChI=1S/C11H18O/c1-2-3-8-12-11-9-4-5-10(11)7-6-9/h4-5,9-11H,2-3,6-8H2,1H3. The van der Waals surface area contributed by atoms with E-state index < -0.39 is 0 Å². The molecule has 2 unspecified atom stereocenters. The van der Waals surface area contributed by atoms with Gasteiger partial charge in [-0.15, -0.1) is 0 Å². The number of unbranched alkanes of at least 4 members (excludes halogenated alkanes) is 1. The maximum atomic E-state index is 5.87. The second kappa shape index (κ2) is 3.61. The quantitative estimate of drug-likeness (QED) is 0.461. The van der Waals surface area contributed by atoms with Crippen LogP contribution in [0.4, 0.5) is 0 Å². The van der Waals surface area contributed by atoms with E-state index in [0.29, 0.717) is 6.10 Å². The van der Waals surface area contributed by atoms with E-state index in [1.54, 1.807) is 0 Å². The van der Waals surface area contributed by atoms with Crippen LogP contribution in [0.15, 0.2) is 12.2 Å². The van der Waals surface area contributed by atoms with Gasteiger partial charge in [-0.1, -0.05) is 25.5 Å². The van der Waals surface area contributed by atoms with Gasteiger partial charge in [0.2, 0.25) is 0 Å². The monoisotopic (exact) mass is 166 g/mol. The summed E-state index contributed by atoms with van der Waals surface area (Å²) in [6.45, 7) is 3.18. The Morgan fingerprint density at radius 2 is 1.92 bits per heavy atom. The summed E-state index contributed by atoms with van der Waals surface area (Å²) in [4.78, 5) is 0. The molecule has 2 atom stereocenters.